The molecule has 3 aliphatic heterocycles. The molecule has 224 valence electrons. The van der Waals surface area contributed by atoms with Crippen LogP contribution >= 0.6 is 0 Å². The van der Waals surface area contributed by atoms with Crippen LogP contribution in [0.15, 0.2) is 59.5 Å². The Labute approximate surface area is 239 Å². The highest BCUT2D eigenvalue weighted by atomic mass is 32.2. The molecule has 12 nitrogen and oxygen atoms in total. The molecule has 3 fully saturated rings. The topological polar surface area (TPSA) is 159 Å². The van der Waals surface area contributed by atoms with Crippen molar-refractivity contribution in [1.82, 2.24) is 9.79 Å². The molecule has 0 spiro atoms. The van der Waals surface area contributed by atoms with Gasteiger partial charge in [0.2, 0.25) is 0 Å². The van der Waals surface area contributed by atoms with E-state index in [0.29, 0.717) is 32.7 Å². The summed E-state index contributed by atoms with van der Waals surface area (Å²) in [5.74, 6) is -0.0509. The van der Waals surface area contributed by atoms with Crippen LogP contribution in [0.1, 0.15) is 24.8 Å². The average Bonchev–Trinajstić information content (AvgIpc) is 3.59. The maximum absolute atomic E-state index is 13.7. The molecule has 0 saturated carbocycles. The smallest absolute Gasteiger partial charge is 0.407 e. The van der Waals surface area contributed by atoms with Crippen LogP contribution < -0.4 is 11.1 Å². The van der Waals surface area contributed by atoms with E-state index in [-0.39, 0.29) is 35.8 Å². The molecule has 0 bridgehead atoms. The van der Waals surface area contributed by atoms with Crippen LogP contribution in [0, 0.1) is 5.92 Å². The van der Waals surface area contributed by atoms with Gasteiger partial charge < -0.3 is 35.1 Å². The lowest BCUT2D eigenvalue weighted by atomic mass is 10.0. The Bertz CT molecular complexity index is 1260. The van der Waals surface area contributed by atoms with Crippen molar-refractivity contribution in [3.8, 4) is 0 Å². The molecule has 5 rings (SSSR count). The van der Waals surface area contributed by atoms with E-state index in [4.69, 9.17) is 29.5 Å². The minimum absolute atomic E-state index is 0.0509. The number of rotatable bonds is 11. The van der Waals surface area contributed by atoms with Gasteiger partial charge in [-0.25, -0.2) is 13.2 Å². The number of aliphatic hydroxyl groups is 1. The molecule has 0 aromatic heterocycles. The van der Waals surface area contributed by atoms with Crippen molar-refractivity contribution < 1.29 is 42.1 Å². The Kier molecular flexibility index (Phi) is 9.75. The second-order valence-electron chi connectivity index (χ2n) is 10.5. The predicted octanol–water partition coefficient (Wildman–Crippen LogP) is 1.83. The lowest BCUT2D eigenvalue weighted by molar-refractivity contribution is -0.170. The Morgan fingerprint density at radius 3 is 2.61 bits per heavy atom. The number of hydrogen-bond acceptors (Lipinski definition) is 10. The molecule has 2 aromatic rings. The van der Waals surface area contributed by atoms with Gasteiger partial charge in [-0.1, -0.05) is 40.9 Å². The Hall–Kier alpha value is -2.78. The van der Waals surface area contributed by atoms with E-state index in [2.05, 4.69) is 5.32 Å². The molecule has 3 saturated heterocycles. The quantitative estimate of drug-likeness (QED) is 0.260. The molecule has 0 aliphatic carbocycles. The molecule has 4 N–H and O–H groups in total. The van der Waals surface area contributed by atoms with E-state index < -0.39 is 47.0 Å². The number of aliphatic hydroxyl groups excluding tert-OH is 1. The Morgan fingerprint density at radius 2 is 1.85 bits per heavy atom. The fourth-order valence-corrected chi connectivity index (χ4v) is 6.59. The number of amides is 1. The first-order chi connectivity index (χ1) is 19.8. The van der Waals surface area contributed by atoms with Crippen LogP contribution in [0.2, 0.25) is 0 Å². The zero-order valence-electron chi connectivity index (χ0n) is 22.7. The lowest BCUT2D eigenvalue weighted by Gasteiger charge is -2.32. The summed E-state index contributed by atoms with van der Waals surface area (Å²) in [7, 11) is -4.23. The van der Waals surface area contributed by atoms with E-state index in [0.717, 1.165) is 16.5 Å². The first kappa shape index (κ1) is 29.7. The van der Waals surface area contributed by atoms with Crippen LogP contribution in [0.3, 0.4) is 0 Å². The van der Waals surface area contributed by atoms with Gasteiger partial charge in [-0.05, 0) is 49.4 Å². The maximum Gasteiger partial charge on any atom is 0.407 e. The van der Waals surface area contributed by atoms with E-state index in [1.165, 1.54) is 18.2 Å². The van der Waals surface area contributed by atoms with Gasteiger partial charge in [0.15, 0.2) is 6.29 Å². The number of nitrogens with one attached hydrogen (secondary N) is 1. The second-order valence-corrected chi connectivity index (χ2v) is 12.3. The molecule has 3 aliphatic rings. The predicted molar refractivity (Wildman–Crippen MR) is 147 cm³/mol. The molecule has 0 radical (unpaired) electrons. The van der Waals surface area contributed by atoms with Crippen LogP contribution in [0.4, 0.5) is 10.5 Å². The second kappa shape index (κ2) is 13.5. The van der Waals surface area contributed by atoms with Gasteiger partial charge in [-0.15, -0.1) is 0 Å². The highest BCUT2D eigenvalue weighted by molar-refractivity contribution is 7.89. The minimum atomic E-state index is -4.23. The van der Waals surface area contributed by atoms with Crippen LogP contribution in [0.5, 0.6) is 0 Å². The number of hydrogen-bond donors (Lipinski definition) is 3. The van der Waals surface area contributed by atoms with Crippen molar-refractivity contribution in [1.29, 1.82) is 0 Å². The molecule has 3 heterocycles. The summed E-state index contributed by atoms with van der Waals surface area (Å²) >= 11 is 0. The number of alkyl carbamates (subject to hydrolysis) is 1. The monoisotopic (exact) mass is 591 g/mol. The zero-order chi connectivity index (χ0) is 28.8. The summed E-state index contributed by atoms with van der Waals surface area (Å²) in [6.07, 6.45) is -1.46. The fraction of sp³-hybridized carbons (Fsp3) is 0.536. The number of fused-ring (bicyclic) bond motifs is 1. The number of nitrogens with two attached hydrogens (primary N) is 1. The van der Waals surface area contributed by atoms with Crippen molar-refractivity contribution >= 4 is 21.8 Å². The van der Waals surface area contributed by atoms with Crippen LogP contribution in [0.25, 0.3) is 0 Å². The minimum Gasteiger partial charge on any atom is -0.443 e. The summed E-state index contributed by atoms with van der Waals surface area (Å²) in [6.45, 7) is 1.18. The summed E-state index contributed by atoms with van der Waals surface area (Å²) < 4.78 is 50.3. The van der Waals surface area contributed by atoms with Crippen molar-refractivity contribution in [3.05, 3.63) is 60.2 Å². The van der Waals surface area contributed by atoms with Gasteiger partial charge in [0, 0.05) is 18.9 Å². The van der Waals surface area contributed by atoms with Crippen LogP contribution in [-0.2, 0) is 40.2 Å². The maximum atomic E-state index is 13.7. The third-order valence-electron chi connectivity index (χ3n) is 7.50. The number of nitrogens with zero attached hydrogens (tertiary/aromatic N) is 1. The Balaban J connectivity index is 1.34. The van der Waals surface area contributed by atoms with Crippen molar-refractivity contribution in [3.63, 3.8) is 0 Å². The highest BCUT2D eigenvalue weighted by Crippen LogP contribution is 2.33. The fourth-order valence-electron chi connectivity index (χ4n) is 5.24. The van der Waals surface area contributed by atoms with Crippen molar-refractivity contribution in [2.24, 2.45) is 5.92 Å². The van der Waals surface area contributed by atoms with E-state index in [1.54, 1.807) is 6.07 Å². The molecule has 41 heavy (non-hydrogen) atoms. The molecule has 1 amide bonds. The van der Waals surface area contributed by atoms with Gasteiger partial charge in [-0.2, -0.15) is 0 Å². The molecular formula is C28H37N3O9S. The number of sulfonamides is 1. The Morgan fingerprint density at radius 1 is 1.07 bits per heavy atom. The average molecular weight is 592 g/mol. The van der Waals surface area contributed by atoms with Crippen molar-refractivity contribution in [2.45, 2.75) is 61.2 Å². The summed E-state index contributed by atoms with van der Waals surface area (Å²) in [4.78, 5) is 18.9. The van der Waals surface area contributed by atoms with Crippen molar-refractivity contribution in [2.75, 3.05) is 38.7 Å². The zero-order valence-corrected chi connectivity index (χ0v) is 23.5. The highest BCUT2D eigenvalue weighted by Gasteiger charge is 2.44. The van der Waals surface area contributed by atoms with E-state index >= 15 is 0 Å². The summed E-state index contributed by atoms with van der Waals surface area (Å²) in [5.41, 5.74) is 6.97. The number of carbonyl (C=O) groups excluding carboxylic acids is 1. The SMILES string of the molecule is Nc1cccc(S(=O)(=O)N(CC(O)C(Cc2ccccc2)NC(=O)O[C@H]2CO[C@H]3OCC[C@H]32)OC2CCOCC2)c1. The number of nitrogen functional groups attached to an aromatic ring is 1. The third kappa shape index (κ3) is 7.55. The van der Waals surface area contributed by atoms with Gasteiger partial charge in [-0.3, -0.25) is 4.84 Å². The normalized spacial score (nSPS) is 24.6. The molecular weight excluding hydrogens is 554 g/mol. The summed E-state index contributed by atoms with van der Waals surface area (Å²) in [5, 5.41) is 14.2. The van der Waals surface area contributed by atoms with Gasteiger partial charge in [0.05, 0.1) is 48.8 Å². The molecule has 2 unspecified atom stereocenters. The number of ether oxygens (including phenoxy) is 4. The number of anilines is 1. The van der Waals surface area contributed by atoms with E-state index in [1.807, 2.05) is 30.3 Å². The lowest BCUT2D eigenvalue weighted by Crippen LogP contribution is -2.52. The third-order valence-corrected chi connectivity index (χ3v) is 9.13. The van der Waals surface area contributed by atoms with Crippen LogP contribution in [-0.4, -0.2) is 87.7 Å². The number of benzene rings is 2. The summed E-state index contributed by atoms with van der Waals surface area (Å²) in [6, 6.07) is 14.2. The first-order valence-electron chi connectivity index (χ1n) is 13.8. The molecule has 5 atom stereocenters. The molecule has 2 aromatic carbocycles. The number of carbonyl (C=O) groups is 1. The van der Waals surface area contributed by atoms with E-state index in [9.17, 15) is 18.3 Å². The molecule has 13 heteroatoms. The number of hydroxylamine groups is 1. The van der Waals surface area contributed by atoms with Gasteiger partial charge in [0.1, 0.15) is 6.10 Å². The van der Waals surface area contributed by atoms with Gasteiger partial charge in [0.25, 0.3) is 10.0 Å². The van der Waals surface area contributed by atoms with Gasteiger partial charge >= 0.3 is 6.09 Å². The standard InChI is InChI=1S/C28H37N3O9S/c29-20-7-4-8-22(16-20)41(34,35)31(40-21-9-12-36-13-10-21)17-25(32)24(15-19-5-2-1-3-6-19)30-28(33)39-26-18-38-27-23(26)11-14-37-27/h1-8,16,21,23-27,32H,9-15,17-18,29H2,(H,30,33)/t23-,24?,25?,26-,27+/m0/s1. The largest absolute Gasteiger partial charge is 0.443 e. The first-order valence-corrected chi connectivity index (χ1v) is 15.3.